The molecule has 0 saturated carbocycles. The molecule has 21 heavy (non-hydrogen) atoms. The fraction of sp³-hybridized carbons (Fsp3) is 0.312. The molecule has 0 radical (unpaired) electrons. The van der Waals surface area contributed by atoms with Crippen LogP contribution in [0.2, 0.25) is 5.15 Å². The number of aromatic nitrogens is 2. The molecule has 0 bridgehead atoms. The number of carbonyl (C=O) groups excluding carboxylic acids is 1. The van der Waals surface area contributed by atoms with Crippen molar-refractivity contribution in [1.82, 2.24) is 14.9 Å². The van der Waals surface area contributed by atoms with E-state index in [4.69, 9.17) is 11.6 Å². The van der Waals surface area contributed by atoms with Crippen molar-refractivity contribution >= 4 is 17.5 Å². The lowest BCUT2D eigenvalue weighted by atomic mass is 10.2. The molecule has 0 aliphatic carbocycles. The van der Waals surface area contributed by atoms with Crippen LogP contribution in [0, 0.1) is 0 Å². The van der Waals surface area contributed by atoms with Crippen LogP contribution >= 0.6 is 11.6 Å². The summed E-state index contributed by atoms with van der Waals surface area (Å²) >= 11 is 6.01. The molecule has 2 aromatic heterocycles. The number of pyridine rings is 2. The van der Waals surface area contributed by atoms with Crippen LogP contribution in [0.4, 0.5) is 0 Å². The predicted octanol–water partition coefficient (Wildman–Crippen LogP) is 3.22. The van der Waals surface area contributed by atoms with E-state index < -0.39 is 0 Å². The Balaban J connectivity index is 2.08. The van der Waals surface area contributed by atoms with Gasteiger partial charge in [0.05, 0.1) is 5.56 Å². The number of nitrogens with zero attached hydrogens (tertiary/aromatic N) is 3. The zero-order valence-corrected chi connectivity index (χ0v) is 12.8. The van der Waals surface area contributed by atoms with Gasteiger partial charge in [-0.2, -0.15) is 0 Å². The Morgan fingerprint density at radius 2 is 1.95 bits per heavy atom. The van der Waals surface area contributed by atoms with Crippen LogP contribution in [0.25, 0.3) is 0 Å². The Morgan fingerprint density at radius 1 is 1.14 bits per heavy atom. The minimum Gasteiger partial charge on any atom is -0.338 e. The van der Waals surface area contributed by atoms with E-state index in [2.05, 4.69) is 9.97 Å². The lowest BCUT2D eigenvalue weighted by Crippen LogP contribution is -2.34. The van der Waals surface area contributed by atoms with Crippen LogP contribution in [-0.2, 0) is 6.42 Å². The summed E-state index contributed by atoms with van der Waals surface area (Å²) in [6.07, 6.45) is 4.97. The zero-order chi connectivity index (χ0) is 15.1. The van der Waals surface area contributed by atoms with Crippen LogP contribution < -0.4 is 0 Å². The molecule has 5 heteroatoms. The molecule has 0 aromatic carbocycles. The molecule has 4 nitrogen and oxygen atoms in total. The average Bonchev–Trinajstić information content (AvgIpc) is 2.52. The van der Waals surface area contributed by atoms with Gasteiger partial charge < -0.3 is 4.90 Å². The van der Waals surface area contributed by atoms with Crippen molar-refractivity contribution in [3.05, 3.63) is 59.1 Å². The third-order valence-corrected chi connectivity index (χ3v) is 3.44. The minimum absolute atomic E-state index is 0.0779. The van der Waals surface area contributed by atoms with Crippen LogP contribution in [-0.4, -0.2) is 33.9 Å². The SMILES string of the molecule is CCCN(CCc1ccccn1)C(=O)c1cccnc1Cl. The second-order valence-electron chi connectivity index (χ2n) is 4.71. The first-order valence-electron chi connectivity index (χ1n) is 7.02. The van der Waals surface area contributed by atoms with E-state index in [0.717, 1.165) is 18.5 Å². The molecule has 0 aliphatic rings. The van der Waals surface area contributed by atoms with Crippen LogP contribution in [0.1, 0.15) is 29.4 Å². The van der Waals surface area contributed by atoms with Crippen molar-refractivity contribution in [1.29, 1.82) is 0 Å². The summed E-state index contributed by atoms with van der Waals surface area (Å²) in [5.74, 6) is -0.0779. The molecule has 110 valence electrons. The molecule has 2 rings (SSSR count). The number of carbonyl (C=O) groups is 1. The summed E-state index contributed by atoms with van der Waals surface area (Å²) in [5.41, 5.74) is 1.43. The van der Waals surface area contributed by atoms with Crippen molar-refractivity contribution in [2.75, 3.05) is 13.1 Å². The zero-order valence-electron chi connectivity index (χ0n) is 12.0. The van der Waals surface area contributed by atoms with E-state index in [1.807, 2.05) is 25.1 Å². The fourth-order valence-corrected chi connectivity index (χ4v) is 2.30. The van der Waals surface area contributed by atoms with Gasteiger partial charge in [-0.15, -0.1) is 0 Å². The third kappa shape index (κ3) is 4.26. The van der Waals surface area contributed by atoms with Gasteiger partial charge in [0.1, 0.15) is 5.15 Å². The van der Waals surface area contributed by atoms with Gasteiger partial charge in [0.2, 0.25) is 0 Å². The first-order chi connectivity index (χ1) is 10.2. The lowest BCUT2D eigenvalue weighted by molar-refractivity contribution is 0.0757. The molecule has 0 atom stereocenters. The maximum Gasteiger partial charge on any atom is 0.256 e. The highest BCUT2D eigenvalue weighted by Gasteiger charge is 2.18. The normalized spacial score (nSPS) is 10.4. The van der Waals surface area contributed by atoms with Crippen LogP contribution in [0.3, 0.4) is 0 Å². The van der Waals surface area contributed by atoms with E-state index in [1.165, 1.54) is 0 Å². The Hall–Kier alpha value is -1.94. The van der Waals surface area contributed by atoms with Gasteiger partial charge in [-0.3, -0.25) is 9.78 Å². The lowest BCUT2D eigenvalue weighted by Gasteiger charge is -2.22. The topological polar surface area (TPSA) is 46.1 Å². The molecule has 0 saturated heterocycles. The van der Waals surface area contributed by atoms with Gasteiger partial charge in [0.15, 0.2) is 0 Å². The molecular weight excluding hydrogens is 286 g/mol. The predicted molar refractivity (Wildman–Crippen MR) is 83.4 cm³/mol. The summed E-state index contributed by atoms with van der Waals surface area (Å²) in [6.45, 7) is 3.36. The maximum atomic E-state index is 12.6. The second kappa shape index (κ2) is 7.74. The molecule has 0 spiro atoms. The minimum atomic E-state index is -0.0779. The number of amides is 1. The van der Waals surface area contributed by atoms with Gasteiger partial charge in [0.25, 0.3) is 5.91 Å². The summed E-state index contributed by atoms with van der Waals surface area (Å²) < 4.78 is 0. The summed E-state index contributed by atoms with van der Waals surface area (Å²) in [7, 11) is 0. The summed E-state index contributed by atoms with van der Waals surface area (Å²) in [5, 5.41) is 0.251. The Bertz CT molecular complexity index is 589. The fourth-order valence-electron chi connectivity index (χ4n) is 2.10. The molecular formula is C16H18ClN3O. The molecule has 0 unspecified atom stereocenters. The molecule has 1 amide bonds. The van der Waals surface area contributed by atoms with E-state index in [-0.39, 0.29) is 11.1 Å². The molecule has 0 fully saturated rings. The summed E-state index contributed by atoms with van der Waals surface area (Å²) in [6, 6.07) is 9.23. The third-order valence-electron chi connectivity index (χ3n) is 3.13. The van der Waals surface area contributed by atoms with Crippen LogP contribution in [0.5, 0.6) is 0 Å². The summed E-state index contributed by atoms with van der Waals surface area (Å²) in [4.78, 5) is 22.6. The van der Waals surface area contributed by atoms with E-state index in [9.17, 15) is 4.79 Å². The highest BCUT2D eigenvalue weighted by atomic mass is 35.5. The van der Waals surface area contributed by atoms with Gasteiger partial charge in [0, 0.05) is 37.6 Å². The van der Waals surface area contributed by atoms with Gasteiger partial charge in [-0.05, 0) is 30.7 Å². The van der Waals surface area contributed by atoms with E-state index in [0.29, 0.717) is 18.7 Å². The molecule has 0 N–H and O–H groups in total. The highest BCUT2D eigenvalue weighted by molar-refractivity contribution is 6.32. The van der Waals surface area contributed by atoms with Crippen molar-refractivity contribution in [3.63, 3.8) is 0 Å². The average molecular weight is 304 g/mol. The Morgan fingerprint density at radius 3 is 2.62 bits per heavy atom. The van der Waals surface area contributed by atoms with Crippen molar-refractivity contribution in [2.45, 2.75) is 19.8 Å². The van der Waals surface area contributed by atoms with E-state index in [1.54, 1.807) is 29.4 Å². The first-order valence-corrected chi connectivity index (χ1v) is 7.40. The maximum absolute atomic E-state index is 12.6. The second-order valence-corrected chi connectivity index (χ2v) is 5.06. The standard InChI is InChI=1S/C16H18ClN3O/c1-2-11-20(12-8-13-6-3-4-9-18-13)16(21)14-7-5-10-19-15(14)17/h3-7,9-10H,2,8,11-12H2,1H3. The number of halogens is 1. The highest BCUT2D eigenvalue weighted by Crippen LogP contribution is 2.15. The first kappa shape index (κ1) is 15.4. The van der Waals surface area contributed by atoms with Crippen LogP contribution in [0.15, 0.2) is 42.7 Å². The quantitative estimate of drug-likeness (QED) is 0.770. The Kier molecular flexibility index (Phi) is 5.69. The number of hydrogen-bond acceptors (Lipinski definition) is 3. The Labute approximate surface area is 129 Å². The van der Waals surface area contributed by atoms with Crippen molar-refractivity contribution in [2.24, 2.45) is 0 Å². The van der Waals surface area contributed by atoms with Gasteiger partial charge in [-0.25, -0.2) is 4.98 Å². The molecule has 2 aromatic rings. The number of rotatable bonds is 6. The van der Waals surface area contributed by atoms with Gasteiger partial charge in [-0.1, -0.05) is 24.6 Å². The monoisotopic (exact) mass is 303 g/mol. The molecule has 2 heterocycles. The van der Waals surface area contributed by atoms with Gasteiger partial charge >= 0.3 is 0 Å². The van der Waals surface area contributed by atoms with Crippen molar-refractivity contribution in [3.8, 4) is 0 Å². The van der Waals surface area contributed by atoms with Crippen molar-refractivity contribution < 1.29 is 4.79 Å². The largest absolute Gasteiger partial charge is 0.338 e. The number of hydrogen-bond donors (Lipinski definition) is 0. The van der Waals surface area contributed by atoms with E-state index >= 15 is 0 Å². The molecule has 0 aliphatic heterocycles. The smallest absolute Gasteiger partial charge is 0.256 e.